The quantitative estimate of drug-likeness (QED) is 0.601. The maximum atomic E-state index is 12.1. The van der Waals surface area contributed by atoms with E-state index in [0.29, 0.717) is 21.7 Å². The number of thiazole rings is 1. The Balaban J connectivity index is 1.59. The van der Waals surface area contributed by atoms with Crippen LogP contribution in [0.1, 0.15) is 12.6 Å². The van der Waals surface area contributed by atoms with Crippen molar-refractivity contribution in [1.29, 1.82) is 0 Å². The number of ether oxygens (including phenoxy) is 1. The number of alkyl halides is 2. The first-order valence-corrected chi connectivity index (χ1v) is 9.09. The number of aromatic nitrogens is 3. The van der Waals surface area contributed by atoms with Crippen LogP contribution < -0.4 is 10.1 Å². The molecule has 7 nitrogen and oxygen atoms in total. The fourth-order valence-corrected chi connectivity index (χ4v) is 3.40. The van der Waals surface area contributed by atoms with E-state index in [9.17, 15) is 13.6 Å². The first-order chi connectivity index (χ1) is 12.5. The number of carbonyl (C=O) groups excluding carboxylic acids is 1. The number of carbonyl (C=O) groups is 1. The van der Waals surface area contributed by atoms with E-state index < -0.39 is 6.61 Å². The molecule has 0 unspecified atom stereocenters. The molecule has 0 saturated heterocycles. The molecule has 2 aromatic heterocycles. The topological polar surface area (TPSA) is 90.1 Å². The molecule has 1 aromatic carbocycles. The van der Waals surface area contributed by atoms with Gasteiger partial charge in [0, 0.05) is 23.6 Å². The Morgan fingerprint density at radius 2 is 2.12 bits per heavy atom. The number of thioether (sulfide) groups is 1. The van der Waals surface area contributed by atoms with Gasteiger partial charge in [0.05, 0.1) is 5.69 Å². The summed E-state index contributed by atoms with van der Waals surface area (Å²) in [5.74, 6) is 0.647. The Bertz CT molecular complexity index is 883. The van der Waals surface area contributed by atoms with Crippen molar-refractivity contribution in [1.82, 2.24) is 15.2 Å². The van der Waals surface area contributed by atoms with Gasteiger partial charge < -0.3 is 14.5 Å². The maximum absolute atomic E-state index is 12.1. The minimum Gasteiger partial charge on any atom is -0.435 e. The molecule has 26 heavy (non-hydrogen) atoms. The molecule has 0 bridgehead atoms. The van der Waals surface area contributed by atoms with E-state index >= 15 is 0 Å². The standard InChI is InChI=1S/C15H12F2N4O3S2/c1-8(22)18-14-19-10(6-25-14)7-26-15-21-20-12(24-15)9-2-4-11(5-3-9)23-13(16)17/h2-6,13H,7H2,1H3,(H,18,19,22). The predicted molar refractivity (Wildman–Crippen MR) is 92.3 cm³/mol. The number of halogens is 2. The van der Waals surface area contributed by atoms with Crippen LogP contribution in [0.5, 0.6) is 5.75 Å². The molecule has 0 spiro atoms. The number of nitrogens with one attached hydrogen (secondary N) is 1. The minimum absolute atomic E-state index is 0.0522. The van der Waals surface area contributed by atoms with Crippen molar-refractivity contribution in [2.24, 2.45) is 0 Å². The Hall–Kier alpha value is -2.53. The Kier molecular flexibility index (Phi) is 5.78. The second-order valence-corrected chi connectivity index (χ2v) is 6.67. The van der Waals surface area contributed by atoms with Crippen LogP contribution in [0.15, 0.2) is 39.3 Å². The lowest BCUT2D eigenvalue weighted by atomic mass is 10.2. The van der Waals surface area contributed by atoms with Crippen molar-refractivity contribution in [2.45, 2.75) is 24.5 Å². The zero-order valence-electron chi connectivity index (χ0n) is 13.3. The molecular formula is C15H12F2N4O3S2. The number of amides is 1. The summed E-state index contributed by atoms with van der Waals surface area (Å²) < 4.78 is 34.1. The first-order valence-electron chi connectivity index (χ1n) is 7.23. The number of hydrogen-bond acceptors (Lipinski definition) is 8. The largest absolute Gasteiger partial charge is 0.435 e. The van der Waals surface area contributed by atoms with Crippen LogP contribution in [-0.2, 0) is 10.5 Å². The van der Waals surface area contributed by atoms with Gasteiger partial charge in [-0.3, -0.25) is 4.79 Å². The summed E-state index contributed by atoms with van der Waals surface area (Å²) in [6, 6.07) is 5.91. The van der Waals surface area contributed by atoms with Crippen LogP contribution in [-0.4, -0.2) is 27.7 Å². The molecule has 136 valence electrons. The van der Waals surface area contributed by atoms with Crippen molar-refractivity contribution in [3.63, 3.8) is 0 Å². The van der Waals surface area contributed by atoms with Crippen LogP contribution in [0.4, 0.5) is 13.9 Å². The molecular weight excluding hydrogens is 386 g/mol. The van der Waals surface area contributed by atoms with E-state index in [1.807, 2.05) is 5.38 Å². The van der Waals surface area contributed by atoms with Gasteiger partial charge in [-0.15, -0.1) is 21.5 Å². The molecule has 1 N–H and O–H groups in total. The van der Waals surface area contributed by atoms with Gasteiger partial charge >= 0.3 is 6.61 Å². The monoisotopic (exact) mass is 398 g/mol. The van der Waals surface area contributed by atoms with Crippen molar-refractivity contribution in [3.05, 3.63) is 35.3 Å². The van der Waals surface area contributed by atoms with Crippen molar-refractivity contribution in [3.8, 4) is 17.2 Å². The molecule has 2 heterocycles. The van der Waals surface area contributed by atoms with Crippen LogP contribution in [0.2, 0.25) is 0 Å². The summed E-state index contributed by atoms with van der Waals surface area (Å²) in [5.41, 5.74) is 1.37. The van der Waals surface area contributed by atoms with Gasteiger partial charge in [0.2, 0.25) is 11.8 Å². The van der Waals surface area contributed by atoms with Gasteiger partial charge in [0.25, 0.3) is 5.22 Å². The van der Waals surface area contributed by atoms with Crippen LogP contribution in [0.25, 0.3) is 11.5 Å². The normalized spacial score (nSPS) is 10.9. The molecule has 0 aliphatic rings. The van der Waals surface area contributed by atoms with Gasteiger partial charge in [-0.05, 0) is 24.3 Å². The van der Waals surface area contributed by atoms with E-state index in [2.05, 4.69) is 25.2 Å². The van der Waals surface area contributed by atoms with Crippen LogP contribution >= 0.6 is 23.1 Å². The molecule has 3 rings (SSSR count). The van der Waals surface area contributed by atoms with E-state index in [4.69, 9.17) is 4.42 Å². The molecule has 0 atom stereocenters. The zero-order valence-corrected chi connectivity index (χ0v) is 14.9. The molecule has 0 aliphatic carbocycles. The van der Waals surface area contributed by atoms with Gasteiger partial charge in [-0.25, -0.2) is 4.98 Å². The first kappa shape index (κ1) is 18.3. The van der Waals surface area contributed by atoms with E-state index in [1.165, 1.54) is 42.2 Å². The highest BCUT2D eigenvalue weighted by molar-refractivity contribution is 7.98. The van der Waals surface area contributed by atoms with Crippen molar-refractivity contribution < 1.29 is 22.7 Å². The lowest BCUT2D eigenvalue weighted by molar-refractivity contribution is -0.114. The highest BCUT2D eigenvalue weighted by atomic mass is 32.2. The van der Waals surface area contributed by atoms with Crippen LogP contribution in [0, 0.1) is 0 Å². The fraction of sp³-hybridized carbons (Fsp3) is 0.200. The fourth-order valence-electron chi connectivity index (χ4n) is 1.88. The number of benzene rings is 1. The molecule has 11 heteroatoms. The Labute approximate surface area is 154 Å². The summed E-state index contributed by atoms with van der Waals surface area (Å²) in [7, 11) is 0. The highest BCUT2D eigenvalue weighted by Gasteiger charge is 2.12. The van der Waals surface area contributed by atoms with Crippen molar-refractivity contribution in [2.75, 3.05) is 5.32 Å². The second kappa shape index (κ2) is 8.23. The smallest absolute Gasteiger partial charge is 0.387 e. The third-order valence-electron chi connectivity index (χ3n) is 2.91. The second-order valence-electron chi connectivity index (χ2n) is 4.89. The van der Waals surface area contributed by atoms with E-state index in [0.717, 1.165) is 5.69 Å². The summed E-state index contributed by atoms with van der Waals surface area (Å²) in [5, 5.41) is 13.2. The number of rotatable bonds is 7. The predicted octanol–water partition coefficient (Wildman–Crippen LogP) is 4.05. The molecule has 0 fully saturated rings. The van der Waals surface area contributed by atoms with Crippen molar-refractivity contribution >= 4 is 34.1 Å². The average molecular weight is 398 g/mol. The maximum Gasteiger partial charge on any atom is 0.387 e. The average Bonchev–Trinajstić information content (AvgIpc) is 3.22. The zero-order chi connectivity index (χ0) is 18.5. The lowest BCUT2D eigenvalue weighted by Crippen LogP contribution is -2.05. The third kappa shape index (κ3) is 4.99. The van der Waals surface area contributed by atoms with Gasteiger partial charge in [0.1, 0.15) is 5.75 Å². The van der Waals surface area contributed by atoms with Crippen LogP contribution in [0.3, 0.4) is 0 Å². The minimum atomic E-state index is -2.87. The lowest BCUT2D eigenvalue weighted by Gasteiger charge is -2.03. The van der Waals surface area contributed by atoms with Gasteiger partial charge in [0.15, 0.2) is 5.13 Å². The number of anilines is 1. The SMILES string of the molecule is CC(=O)Nc1nc(CSc2nnc(-c3ccc(OC(F)F)cc3)o2)cs1. The highest BCUT2D eigenvalue weighted by Crippen LogP contribution is 2.28. The van der Waals surface area contributed by atoms with E-state index in [1.54, 1.807) is 12.1 Å². The summed E-state index contributed by atoms with van der Waals surface area (Å²) >= 11 is 2.63. The van der Waals surface area contributed by atoms with E-state index in [-0.39, 0.29) is 17.5 Å². The Morgan fingerprint density at radius 1 is 1.35 bits per heavy atom. The van der Waals surface area contributed by atoms with Gasteiger partial charge in [-0.1, -0.05) is 11.8 Å². The molecule has 1 amide bonds. The summed E-state index contributed by atoms with van der Waals surface area (Å²) in [4.78, 5) is 15.2. The summed E-state index contributed by atoms with van der Waals surface area (Å²) in [6.07, 6.45) is 0. The molecule has 0 radical (unpaired) electrons. The van der Waals surface area contributed by atoms with Gasteiger partial charge in [-0.2, -0.15) is 8.78 Å². The molecule has 0 aliphatic heterocycles. The third-order valence-corrected chi connectivity index (χ3v) is 4.57. The Morgan fingerprint density at radius 3 is 2.81 bits per heavy atom. The number of hydrogen-bond donors (Lipinski definition) is 1. The number of nitrogens with zero attached hydrogens (tertiary/aromatic N) is 3. The molecule has 3 aromatic rings. The molecule has 0 saturated carbocycles. The summed E-state index contributed by atoms with van der Waals surface area (Å²) in [6.45, 7) is -1.45.